The van der Waals surface area contributed by atoms with Crippen molar-refractivity contribution in [3.8, 4) is 11.5 Å². The molecule has 1 aliphatic heterocycles. The summed E-state index contributed by atoms with van der Waals surface area (Å²) in [6, 6.07) is 11.8. The van der Waals surface area contributed by atoms with Gasteiger partial charge >= 0.3 is 16.1 Å². The van der Waals surface area contributed by atoms with E-state index in [4.69, 9.17) is 20.5 Å². The lowest BCUT2D eigenvalue weighted by atomic mass is 10.0. The van der Waals surface area contributed by atoms with Gasteiger partial charge in [0.05, 0.1) is 12.8 Å². The third-order valence-corrected chi connectivity index (χ3v) is 7.02. The first-order valence-corrected chi connectivity index (χ1v) is 13.0. The number of halogens is 2. The Balaban J connectivity index is 1.76. The second kappa shape index (κ2) is 11.1. The van der Waals surface area contributed by atoms with Gasteiger partial charge < -0.3 is 8.92 Å². The number of ether oxygens (including phenoxy) is 1. The van der Waals surface area contributed by atoms with Crippen LogP contribution < -0.4 is 19.1 Å². The van der Waals surface area contributed by atoms with E-state index in [2.05, 4.69) is 11.9 Å². The number of allylic oxidation sites excluding steroid dienone is 1. The molecule has 0 atom stereocenters. The van der Waals surface area contributed by atoms with Gasteiger partial charge in [0.1, 0.15) is 16.3 Å². The predicted octanol–water partition coefficient (Wildman–Crippen LogP) is 4.65. The van der Waals surface area contributed by atoms with Crippen molar-refractivity contribution in [3.63, 3.8) is 0 Å². The van der Waals surface area contributed by atoms with E-state index in [0.717, 1.165) is 12.1 Å². The van der Waals surface area contributed by atoms with Crippen molar-refractivity contribution >= 4 is 51.3 Å². The SMILES string of the molecule is C=CCc1cc(/C=C2\C(=O)NC(=O)N(c3ccc(F)cc3)C2=O)cc(OC)c1OS(=O)(=O)c1ccc(Cl)cc1. The molecule has 3 aromatic carbocycles. The number of barbiturate groups is 1. The molecule has 4 rings (SSSR count). The van der Waals surface area contributed by atoms with Crippen LogP contribution in [0.5, 0.6) is 11.5 Å². The number of methoxy groups -OCH3 is 1. The number of carbonyl (C=O) groups is 3. The summed E-state index contributed by atoms with van der Waals surface area (Å²) in [6.07, 6.45) is 2.85. The van der Waals surface area contributed by atoms with Crippen molar-refractivity contribution in [2.75, 3.05) is 12.0 Å². The molecule has 200 valence electrons. The van der Waals surface area contributed by atoms with Gasteiger partial charge in [0, 0.05) is 10.6 Å². The van der Waals surface area contributed by atoms with Gasteiger partial charge in [-0.3, -0.25) is 14.9 Å². The van der Waals surface area contributed by atoms with E-state index in [9.17, 15) is 27.2 Å². The molecule has 1 N–H and O–H groups in total. The van der Waals surface area contributed by atoms with Crippen LogP contribution in [-0.4, -0.2) is 33.4 Å². The zero-order chi connectivity index (χ0) is 28.3. The van der Waals surface area contributed by atoms with Crippen molar-refractivity contribution in [1.29, 1.82) is 0 Å². The van der Waals surface area contributed by atoms with E-state index in [0.29, 0.717) is 15.5 Å². The van der Waals surface area contributed by atoms with Gasteiger partial charge in [-0.2, -0.15) is 8.42 Å². The fraction of sp³-hybridized carbons (Fsp3) is 0.0741. The highest BCUT2D eigenvalue weighted by Crippen LogP contribution is 2.37. The minimum absolute atomic E-state index is 0.00567. The van der Waals surface area contributed by atoms with Crippen molar-refractivity contribution in [3.05, 3.63) is 101 Å². The first-order valence-electron chi connectivity index (χ1n) is 11.2. The second-order valence-electron chi connectivity index (χ2n) is 8.13. The van der Waals surface area contributed by atoms with Crippen LogP contribution in [0.1, 0.15) is 11.1 Å². The molecule has 0 aliphatic carbocycles. The second-order valence-corrected chi connectivity index (χ2v) is 10.1. The number of rotatable bonds is 8. The number of nitrogens with one attached hydrogen (secondary N) is 1. The van der Waals surface area contributed by atoms with Crippen LogP contribution in [0.15, 0.2) is 83.8 Å². The topological polar surface area (TPSA) is 119 Å². The molecular weight excluding hydrogens is 551 g/mol. The Morgan fingerprint density at radius 1 is 1.05 bits per heavy atom. The summed E-state index contributed by atoms with van der Waals surface area (Å²) in [5.74, 6) is -2.58. The Kier molecular flexibility index (Phi) is 7.84. The Hall–Kier alpha value is -4.48. The molecular formula is C27H20ClFN2O7S. The highest BCUT2D eigenvalue weighted by molar-refractivity contribution is 7.87. The highest BCUT2D eigenvalue weighted by Gasteiger charge is 2.37. The molecule has 1 fully saturated rings. The van der Waals surface area contributed by atoms with Crippen LogP contribution in [0.4, 0.5) is 14.9 Å². The average Bonchev–Trinajstić information content (AvgIpc) is 2.89. The Morgan fingerprint density at radius 2 is 1.72 bits per heavy atom. The van der Waals surface area contributed by atoms with Crippen molar-refractivity contribution in [2.45, 2.75) is 11.3 Å². The molecule has 3 aromatic rings. The van der Waals surface area contributed by atoms with Gasteiger partial charge in [-0.05, 0) is 78.7 Å². The molecule has 1 saturated heterocycles. The van der Waals surface area contributed by atoms with Crippen LogP contribution >= 0.6 is 11.6 Å². The fourth-order valence-corrected chi connectivity index (χ4v) is 4.83. The molecule has 12 heteroatoms. The number of nitrogens with zero attached hydrogens (tertiary/aromatic N) is 1. The summed E-state index contributed by atoms with van der Waals surface area (Å²) < 4.78 is 50.0. The van der Waals surface area contributed by atoms with Gasteiger partial charge in [0.2, 0.25) is 0 Å². The molecule has 1 heterocycles. The van der Waals surface area contributed by atoms with Gasteiger partial charge in [-0.1, -0.05) is 17.7 Å². The maximum atomic E-state index is 13.4. The molecule has 0 unspecified atom stereocenters. The zero-order valence-corrected chi connectivity index (χ0v) is 21.9. The monoisotopic (exact) mass is 570 g/mol. The van der Waals surface area contributed by atoms with Crippen LogP contribution in [-0.2, 0) is 26.1 Å². The Labute approximate surface area is 228 Å². The maximum absolute atomic E-state index is 13.4. The lowest BCUT2D eigenvalue weighted by Gasteiger charge is -2.26. The summed E-state index contributed by atoms with van der Waals surface area (Å²) in [5, 5.41) is 2.43. The van der Waals surface area contributed by atoms with E-state index in [1.807, 2.05) is 0 Å². The number of anilines is 1. The van der Waals surface area contributed by atoms with E-state index >= 15 is 0 Å². The molecule has 0 saturated carbocycles. The third-order valence-electron chi connectivity index (χ3n) is 5.53. The fourth-order valence-electron chi connectivity index (χ4n) is 3.73. The summed E-state index contributed by atoms with van der Waals surface area (Å²) >= 11 is 5.85. The number of hydrogen-bond acceptors (Lipinski definition) is 7. The smallest absolute Gasteiger partial charge is 0.339 e. The van der Waals surface area contributed by atoms with Gasteiger partial charge in [-0.15, -0.1) is 6.58 Å². The summed E-state index contributed by atoms with van der Waals surface area (Å²) in [4.78, 5) is 38.7. The highest BCUT2D eigenvalue weighted by atomic mass is 35.5. The van der Waals surface area contributed by atoms with E-state index in [1.165, 1.54) is 67.8 Å². The normalized spacial score (nSPS) is 14.8. The Morgan fingerprint density at radius 3 is 2.33 bits per heavy atom. The van der Waals surface area contributed by atoms with Gasteiger partial charge in [-0.25, -0.2) is 14.1 Å². The van der Waals surface area contributed by atoms with Gasteiger partial charge in [0.15, 0.2) is 11.5 Å². The number of amides is 4. The van der Waals surface area contributed by atoms with Crippen molar-refractivity contribution in [2.24, 2.45) is 0 Å². The van der Waals surface area contributed by atoms with Crippen LogP contribution in [0.2, 0.25) is 5.02 Å². The molecule has 9 nitrogen and oxygen atoms in total. The van der Waals surface area contributed by atoms with E-state index in [1.54, 1.807) is 0 Å². The number of carbonyl (C=O) groups excluding carboxylic acids is 3. The summed E-state index contributed by atoms with van der Waals surface area (Å²) in [6.45, 7) is 3.68. The molecule has 0 aromatic heterocycles. The molecule has 0 radical (unpaired) electrons. The molecule has 0 bridgehead atoms. The summed E-state index contributed by atoms with van der Waals surface area (Å²) in [7, 11) is -2.99. The largest absolute Gasteiger partial charge is 0.493 e. The maximum Gasteiger partial charge on any atom is 0.339 e. The number of urea groups is 1. The average molecular weight is 571 g/mol. The molecule has 39 heavy (non-hydrogen) atoms. The lowest BCUT2D eigenvalue weighted by Crippen LogP contribution is -2.54. The molecule has 1 aliphatic rings. The van der Waals surface area contributed by atoms with Crippen LogP contribution in [0, 0.1) is 5.82 Å². The first kappa shape index (κ1) is 27.6. The number of hydrogen-bond donors (Lipinski definition) is 1. The predicted molar refractivity (Wildman–Crippen MR) is 142 cm³/mol. The minimum Gasteiger partial charge on any atom is -0.493 e. The number of benzene rings is 3. The van der Waals surface area contributed by atoms with E-state index < -0.39 is 39.4 Å². The van der Waals surface area contributed by atoms with Crippen LogP contribution in [0.3, 0.4) is 0 Å². The molecule has 4 amide bonds. The first-order chi connectivity index (χ1) is 18.5. The minimum atomic E-state index is -4.29. The lowest BCUT2D eigenvalue weighted by molar-refractivity contribution is -0.122. The van der Waals surface area contributed by atoms with Crippen LogP contribution in [0.25, 0.3) is 6.08 Å². The number of imide groups is 2. The quantitative estimate of drug-likeness (QED) is 0.181. The van der Waals surface area contributed by atoms with E-state index in [-0.39, 0.29) is 34.1 Å². The van der Waals surface area contributed by atoms with Gasteiger partial charge in [0.25, 0.3) is 11.8 Å². The Bertz CT molecular complexity index is 1620. The summed E-state index contributed by atoms with van der Waals surface area (Å²) in [5.41, 5.74) is 0.252. The van der Waals surface area contributed by atoms with Crippen molar-refractivity contribution in [1.82, 2.24) is 5.32 Å². The molecule has 0 spiro atoms. The zero-order valence-electron chi connectivity index (χ0n) is 20.3. The third kappa shape index (κ3) is 5.84. The standard InChI is InChI=1S/C27H20ClFN2O7S/c1-3-4-17-13-16(15-23(37-2)24(17)38-39(35,36)21-11-5-18(28)6-12-21)14-22-25(32)30-27(34)31(26(22)33)20-9-7-19(29)8-10-20/h3,5-15H,1,4H2,2H3,(H,30,32,34)/b22-14+. The van der Waals surface area contributed by atoms with Crippen molar-refractivity contribution < 1.29 is 36.1 Å².